The first kappa shape index (κ1) is 23.3. The van der Waals surface area contributed by atoms with E-state index in [0.29, 0.717) is 0 Å². The van der Waals surface area contributed by atoms with Crippen LogP contribution in [0.25, 0.3) is 0 Å². The van der Waals surface area contributed by atoms with Crippen LogP contribution < -0.4 is 10.3 Å². The summed E-state index contributed by atoms with van der Waals surface area (Å²) in [4.78, 5) is 22.8. The van der Waals surface area contributed by atoms with E-state index in [4.69, 9.17) is 5.73 Å². The lowest BCUT2D eigenvalue weighted by atomic mass is 9.71. The zero-order valence-electron chi connectivity index (χ0n) is 16.4. The van der Waals surface area contributed by atoms with E-state index in [1.54, 1.807) is 0 Å². The molecule has 0 bridgehead atoms. The van der Waals surface area contributed by atoms with Crippen molar-refractivity contribution in [2.45, 2.75) is 24.2 Å². The van der Waals surface area contributed by atoms with Crippen molar-refractivity contribution in [3.05, 3.63) is 65.6 Å². The summed E-state index contributed by atoms with van der Waals surface area (Å²) in [6.07, 6.45) is -5.37. The number of hydrogen-bond donors (Lipinski definition) is 1. The largest absolute Gasteiger partial charge is 0.442 e. The second-order valence-corrected chi connectivity index (χ2v) is 7.20. The molecule has 0 aromatic heterocycles. The topological polar surface area (TPSA) is 81.8 Å². The van der Waals surface area contributed by atoms with Crippen LogP contribution in [0, 0.1) is 0 Å². The molecule has 170 valence electrons. The summed E-state index contributed by atoms with van der Waals surface area (Å²) in [5.74, 6) is -2.18. The number of rotatable bonds is 5. The van der Waals surface area contributed by atoms with Gasteiger partial charge in [0.15, 0.2) is 11.9 Å². The summed E-state index contributed by atoms with van der Waals surface area (Å²) in [5.41, 5.74) is -0.577. The molecule has 12 heteroatoms. The van der Waals surface area contributed by atoms with Crippen molar-refractivity contribution >= 4 is 23.8 Å². The van der Waals surface area contributed by atoms with Crippen LogP contribution in [0.3, 0.4) is 0 Å². The third-order valence-corrected chi connectivity index (χ3v) is 5.17. The summed E-state index contributed by atoms with van der Waals surface area (Å²) < 4.78 is 86.9. The molecule has 32 heavy (non-hydrogen) atoms. The summed E-state index contributed by atoms with van der Waals surface area (Å²) in [5, 5.41) is 3.52. The van der Waals surface area contributed by atoms with E-state index in [1.807, 2.05) is 0 Å². The summed E-state index contributed by atoms with van der Waals surface area (Å²) in [7, 11) is 1.06. The standard InChI is InChI=1S/C20H15F6N3O3/c1-29(10-14(32-11-30)16(28-29)19(21,22)23)13-7-5-6-12(17(27)31)15(13)18(20(24,25)26)8-3-2-4-9-18/h2-8,10-11H,9H2,1H3,(H-,27,31)/p+1. The summed E-state index contributed by atoms with van der Waals surface area (Å²) >= 11 is 0. The average Bonchev–Trinajstić information content (AvgIpc) is 3.05. The Hall–Kier alpha value is -3.41. The highest BCUT2D eigenvalue weighted by atomic mass is 19.4. The minimum Gasteiger partial charge on any atom is -0.420 e. The molecule has 1 aromatic rings. The van der Waals surface area contributed by atoms with Gasteiger partial charge in [0.05, 0.1) is 0 Å². The maximum atomic E-state index is 14.4. The molecule has 2 atom stereocenters. The Kier molecular flexibility index (Phi) is 5.54. The van der Waals surface area contributed by atoms with Crippen molar-refractivity contribution in [3.63, 3.8) is 0 Å². The predicted octanol–water partition coefficient (Wildman–Crippen LogP) is 3.99. The van der Waals surface area contributed by atoms with Crippen LogP contribution in [0.4, 0.5) is 32.0 Å². The van der Waals surface area contributed by atoms with E-state index in [0.717, 1.165) is 37.5 Å². The van der Waals surface area contributed by atoms with Crippen LogP contribution in [0.5, 0.6) is 0 Å². The maximum Gasteiger partial charge on any atom is 0.442 e. The average molecular weight is 460 g/mol. The lowest BCUT2D eigenvalue weighted by molar-refractivity contribution is -0.175. The minimum atomic E-state index is -5.07. The molecule has 0 radical (unpaired) electrons. The molecule has 3 rings (SSSR count). The van der Waals surface area contributed by atoms with Gasteiger partial charge in [0.1, 0.15) is 12.5 Å². The second kappa shape index (κ2) is 7.62. The van der Waals surface area contributed by atoms with Crippen LogP contribution in [0.2, 0.25) is 0 Å². The van der Waals surface area contributed by atoms with E-state index < -0.39 is 63.0 Å². The van der Waals surface area contributed by atoms with Gasteiger partial charge in [-0.15, -0.1) is 4.59 Å². The number of halogens is 6. The van der Waals surface area contributed by atoms with Gasteiger partial charge in [0.2, 0.25) is 17.4 Å². The molecule has 1 aromatic carbocycles. The zero-order chi connectivity index (χ0) is 23.9. The van der Waals surface area contributed by atoms with Crippen LogP contribution >= 0.6 is 0 Å². The minimum absolute atomic E-state index is 0.255. The highest BCUT2D eigenvalue weighted by Gasteiger charge is 2.59. The number of hydrogen-bond acceptors (Lipinski definition) is 4. The first-order chi connectivity index (χ1) is 14.8. The Balaban J connectivity index is 2.40. The van der Waals surface area contributed by atoms with Gasteiger partial charge in [0, 0.05) is 17.2 Å². The summed E-state index contributed by atoms with van der Waals surface area (Å²) in [6, 6.07) is 3.35. The maximum absolute atomic E-state index is 14.4. The van der Waals surface area contributed by atoms with E-state index >= 15 is 0 Å². The van der Waals surface area contributed by atoms with Crippen molar-refractivity contribution in [1.29, 1.82) is 0 Å². The molecular formula is C20H16F6N3O3+. The molecule has 2 unspecified atom stereocenters. The number of nitrogens with two attached hydrogens (primary N) is 1. The molecule has 1 aliphatic carbocycles. The first-order valence-electron chi connectivity index (χ1n) is 8.99. The second-order valence-electron chi connectivity index (χ2n) is 7.20. The smallest absolute Gasteiger partial charge is 0.420 e. The number of carbonyl (C=O) groups is 2. The Labute approximate surface area is 177 Å². The predicted molar refractivity (Wildman–Crippen MR) is 102 cm³/mol. The number of allylic oxidation sites excluding steroid dienone is 5. The fraction of sp³-hybridized carbons (Fsp3) is 0.250. The van der Waals surface area contributed by atoms with Gasteiger partial charge < -0.3 is 10.5 Å². The molecule has 1 aliphatic heterocycles. The Bertz CT molecular complexity index is 1090. The van der Waals surface area contributed by atoms with Gasteiger partial charge in [0.25, 0.3) is 6.47 Å². The van der Waals surface area contributed by atoms with Gasteiger partial charge in [-0.05, 0) is 12.5 Å². The molecule has 1 amide bonds. The normalized spacial score (nSPS) is 25.3. The Morgan fingerprint density at radius 1 is 1.22 bits per heavy atom. The molecule has 2 aliphatic rings. The number of quaternary nitrogens is 1. The number of alkyl halides is 6. The van der Waals surface area contributed by atoms with Crippen molar-refractivity contribution in [2.75, 3.05) is 7.05 Å². The van der Waals surface area contributed by atoms with Crippen molar-refractivity contribution < 1.29 is 40.7 Å². The monoisotopic (exact) mass is 460 g/mol. The van der Waals surface area contributed by atoms with Gasteiger partial charge in [-0.2, -0.15) is 26.3 Å². The van der Waals surface area contributed by atoms with Crippen LogP contribution in [-0.4, -0.2) is 37.5 Å². The third kappa shape index (κ3) is 3.70. The van der Waals surface area contributed by atoms with E-state index in [1.165, 1.54) is 18.2 Å². The number of amides is 1. The molecule has 0 spiro atoms. The van der Waals surface area contributed by atoms with Crippen molar-refractivity contribution in [2.24, 2.45) is 10.8 Å². The SMILES string of the molecule is C[N+]1(c2cccc(C(N)=O)c2C2(C(F)(F)F)C=CC=CC2)C=C(OC=O)C(C(F)(F)F)=N1. The molecule has 2 N–H and O–H groups in total. The number of primary amides is 1. The molecule has 0 fully saturated rings. The van der Waals surface area contributed by atoms with Gasteiger partial charge in [-0.25, -0.2) is 0 Å². The number of carbonyl (C=O) groups excluding carboxylic acids is 2. The van der Waals surface area contributed by atoms with Crippen LogP contribution in [-0.2, 0) is 14.9 Å². The molecule has 0 saturated carbocycles. The molecule has 0 saturated heterocycles. The highest BCUT2D eigenvalue weighted by Crippen LogP contribution is 2.52. The van der Waals surface area contributed by atoms with Crippen LogP contribution in [0.15, 0.2) is 59.6 Å². The lowest BCUT2D eigenvalue weighted by Crippen LogP contribution is -2.45. The Morgan fingerprint density at radius 2 is 1.91 bits per heavy atom. The number of benzene rings is 1. The van der Waals surface area contributed by atoms with Crippen molar-refractivity contribution in [1.82, 2.24) is 4.59 Å². The lowest BCUT2D eigenvalue weighted by Gasteiger charge is -2.37. The van der Waals surface area contributed by atoms with E-state index in [2.05, 4.69) is 9.84 Å². The van der Waals surface area contributed by atoms with Gasteiger partial charge in [-0.1, -0.05) is 35.5 Å². The fourth-order valence-corrected chi connectivity index (χ4v) is 3.78. The van der Waals surface area contributed by atoms with E-state index in [9.17, 15) is 35.9 Å². The van der Waals surface area contributed by atoms with E-state index in [-0.39, 0.29) is 6.47 Å². The first-order valence-corrected chi connectivity index (χ1v) is 8.99. The Morgan fingerprint density at radius 3 is 2.41 bits per heavy atom. The highest BCUT2D eigenvalue weighted by molar-refractivity contribution is 6.05. The van der Waals surface area contributed by atoms with Gasteiger partial charge >= 0.3 is 12.4 Å². The zero-order valence-corrected chi connectivity index (χ0v) is 16.4. The number of ether oxygens (including phenoxy) is 1. The molecule has 6 nitrogen and oxygen atoms in total. The number of nitrogens with zero attached hydrogens (tertiary/aromatic N) is 2. The van der Waals surface area contributed by atoms with Gasteiger partial charge in [-0.3, -0.25) is 9.59 Å². The quantitative estimate of drug-likeness (QED) is 0.410. The summed E-state index contributed by atoms with van der Waals surface area (Å²) in [6.45, 7) is -0.255. The van der Waals surface area contributed by atoms with Crippen molar-refractivity contribution in [3.8, 4) is 0 Å². The van der Waals surface area contributed by atoms with Crippen LogP contribution in [0.1, 0.15) is 22.3 Å². The fourth-order valence-electron chi connectivity index (χ4n) is 3.78. The molecule has 1 heterocycles. The molecular weight excluding hydrogens is 444 g/mol. The third-order valence-electron chi connectivity index (χ3n) is 5.17.